The summed E-state index contributed by atoms with van der Waals surface area (Å²) in [6.07, 6.45) is 5.47. The lowest BCUT2D eigenvalue weighted by atomic mass is 9.52. The minimum absolute atomic E-state index is 0.0244. The van der Waals surface area contributed by atoms with Gasteiger partial charge < -0.3 is 20.2 Å². The van der Waals surface area contributed by atoms with Crippen molar-refractivity contribution in [3.63, 3.8) is 0 Å². The number of benzene rings is 6. The first kappa shape index (κ1) is 51.4. The predicted molar refractivity (Wildman–Crippen MR) is 302 cm³/mol. The molecular weight excluding hydrogens is 1100 g/mol. The number of aryl methyl sites for hydroxylation is 1. The van der Waals surface area contributed by atoms with Crippen molar-refractivity contribution in [1.29, 1.82) is 0 Å². The molecule has 82 heavy (non-hydrogen) atoms. The molecule has 408 valence electrons. The second-order valence-corrected chi connectivity index (χ2v) is 25.9. The number of phenolic OH excluding ortho intramolecular Hbond substituents is 1. The lowest BCUT2D eigenvalue weighted by Gasteiger charge is -2.53. The van der Waals surface area contributed by atoms with Crippen molar-refractivity contribution in [2.24, 2.45) is 17.3 Å². The second-order valence-electron chi connectivity index (χ2n) is 21.6. The Kier molecular flexibility index (Phi) is 11.4. The van der Waals surface area contributed by atoms with Gasteiger partial charge in [-0.05, 0) is 182 Å². The molecule has 0 saturated heterocycles. The van der Waals surface area contributed by atoms with Crippen LogP contribution in [-0.4, -0.2) is 89.0 Å². The molecule has 0 radical (unpaired) electrons. The number of aromatic nitrogens is 8. The first-order chi connectivity index (χ1) is 39.1. The fourth-order valence-corrected chi connectivity index (χ4v) is 14.9. The average Bonchev–Trinajstić information content (AvgIpc) is 3.07. The quantitative estimate of drug-likeness (QED) is 0.0637. The van der Waals surface area contributed by atoms with Gasteiger partial charge in [-0.25, -0.2) is 29.9 Å². The molecule has 2 fully saturated rings. The van der Waals surface area contributed by atoms with Gasteiger partial charge in [0.05, 0.1) is 20.3 Å². The van der Waals surface area contributed by atoms with Crippen LogP contribution in [0.15, 0.2) is 130 Å². The topological polar surface area (TPSA) is 312 Å². The van der Waals surface area contributed by atoms with Gasteiger partial charge in [0, 0.05) is 60.3 Å². The Bertz CT molecular complexity index is 4990. The van der Waals surface area contributed by atoms with Crippen LogP contribution in [0.1, 0.15) is 72.8 Å². The Morgan fingerprint density at radius 3 is 1.60 bits per heavy atom. The first-order valence-electron chi connectivity index (χ1n) is 26.1. The molecular formula is C60H44N8O11S3. The van der Waals surface area contributed by atoms with Crippen LogP contribution in [0.4, 0.5) is 0 Å². The van der Waals surface area contributed by atoms with Crippen LogP contribution in [0.2, 0.25) is 0 Å². The summed E-state index contributed by atoms with van der Waals surface area (Å²) < 4.78 is 105. The van der Waals surface area contributed by atoms with Crippen LogP contribution >= 0.6 is 0 Å². The minimum atomic E-state index is -4.74. The van der Waals surface area contributed by atoms with Crippen LogP contribution in [0, 0.1) is 40.9 Å². The molecule has 6 aromatic carbocycles. The standard InChI is InChI=1S/C60H44N8O11S3/c1-59-24-22-40-39-18-12-35(69)27-33(39)9-17-41(40)50(59)23-25-60(59,70)34-10-6-31(7-11-34)4-2-3-5-32-8-16-42-46(26-32)55-61-51(42)63-56-48-29-37(81(74,75)76)14-20-44(48)53(65-56)67-58-49-30-38(82(77,78)79)15-21-45(49)54(68-58)66-57-47-28-36(80(71,72)73)13-19-43(47)52(62-55)64-57/h6-8,10-16,18-21,26-30,40-41,50,69-70H,9,17,22-25H2,1H3,(H,71,72,73)(H,74,75,76)(H,77,78,79)(H2,61,62,63,64,65,66,67,68)/t40-,41-,50+,59+,60+/m1/s1. The van der Waals surface area contributed by atoms with Gasteiger partial charge in [-0.15, -0.1) is 0 Å². The SMILES string of the molecule is C[C@]12CC[C@@H]3c4ccc(O)cc4CC[C@H]3[C@@H]1CC[C@]2(O)c1ccc(C#CC#Cc2ccc3c(c2)-c2nc-3nc3[nH]c(nc4nc(nc5[nH]c(n2)c2ccc(S(=O)(=O)O)cc52)-c2ccc(S(=O)(=O)O)cc2-4)c2ccc(S(=O)(=O)O)cc32)cc1. The van der Waals surface area contributed by atoms with E-state index in [9.17, 15) is 49.1 Å². The highest BCUT2D eigenvalue weighted by molar-refractivity contribution is 7.86. The smallest absolute Gasteiger partial charge is 0.294 e. The van der Waals surface area contributed by atoms with E-state index in [1.54, 1.807) is 24.3 Å². The normalized spacial score (nSPS) is 20.8. The van der Waals surface area contributed by atoms with E-state index in [1.807, 2.05) is 30.3 Å². The number of H-pyrrole nitrogens is 2. The molecule has 0 spiro atoms. The van der Waals surface area contributed by atoms with Gasteiger partial charge in [0.15, 0.2) is 23.3 Å². The van der Waals surface area contributed by atoms with Gasteiger partial charge in [-0.2, -0.15) is 25.3 Å². The number of hydrogen-bond donors (Lipinski definition) is 7. The number of hydrogen-bond acceptors (Lipinski definition) is 14. The Labute approximate surface area is 467 Å². The van der Waals surface area contributed by atoms with E-state index in [-0.39, 0.29) is 73.2 Å². The highest BCUT2D eigenvalue weighted by atomic mass is 32.2. The lowest BCUT2D eigenvalue weighted by molar-refractivity contribution is -0.108. The molecule has 3 aliphatic carbocycles. The summed E-state index contributed by atoms with van der Waals surface area (Å²) in [6.45, 7) is 2.26. The maximum absolute atomic E-state index is 12.6. The Balaban J connectivity index is 0.860. The van der Waals surface area contributed by atoms with Crippen molar-refractivity contribution in [2.45, 2.75) is 71.7 Å². The fraction of sp³-hybridized carbons (Fsp3) is 0.200. The van der Waals surface area contributed by atoms with Crippen molar-refractivity contribution in [2.75, 3.05) is 0 Å². The number of aromatic amines is 2. The van der Waals surface area contributed by atoms with Crippen molar-refractivity contribution in [3.8, 4) is 75.0 Å². The van der Waals surface area contributed by atoms with E-state index in [4.69, 9.17) is 24.9 Å². The largest absolute Gasteiger partial charge is 0.508 e. The Hall–Kier alpha value is -8.71. The summed E-state index contributed by atoms with van der Waals surface area (Å²) in [5, 5.41) is 23.8. The summed E-state index contributed by atoms with van der Waals surface area (Å²) in [6, 6.07) is 30.1. The number of nitrogens with zero attached hydrogens (tertiary/aromatic N) is 6. The Morgan fingerprint density at radius 2 is 1.01 bits per heavy atom. The minimum Gasteiger partial charge on any atom is -0.508 e. The average molecular weight is 1150 g/mol. The molecule has 9 aromatic rings. The van der Waals surface area contributed by atoms with Crippen LogP contribution < -0.4 is 0 Å². The van der Waals surface area contributed by atoms with Crippen molar-refractivity contribution in [1.82, 2.24) is 39.9 Å². The second kappa shape index (κ2) is 18.1. The molecule has 22 heteroatoms. The van der Waals surface area contributed by atoms with Gasteiger partial charge in [-0.3, -0.25) is 13.7 Å². The number of aliphatic hydroxyl groups is 1. The summed E-state index contributed by atoms with van der Waals surface area (Å²) in [5.74, 6) is 13.8. The van der Waals surface area contributed by atoms with E-state index in [1.165, 1.54) is 53.6 Å². The number of rotatable bonds is 4. The molecule has 5 heterocycles. The highest BCUT2D eigenvalue weighted by Crippen LogP contribution is 2.67. The summed E-state index contributed by atoms with van der Waals surface area (Å²) in [5.41, 5.74) is 4.99. The number of fused-ring (bicyclic) bond motifs is 25. The van der Waals surface area contributed by atoms with Crippen LogP contribution in [0.25, 0.3) is 89.7 Å². The zero-order chi connectivity index (χ0) is 56.8. The maximum atomic E-state index is 12.6. The molecule has 0 unspecified atom stereocenters. The molecule has 7 N–H and O–H groups in total. The fourth-order valence-electron chi connectivity index (χ4n) is 13.4. The van der Waals surface area contributed by atoms with Crippen molar-refractivity contribution < 1.29 is 49.1 Å². The molecule has 5 atom stereocenters. The third kappa shape index (κ3) is 8.36. The van der Waals surface area contributed by atoms with Gasteiger partial charge in [0.2, 0.25) is 0 Å². The van der Waals surface area contributed by atoms with Crippen LogP contribution in [0.5, 0.6) is 5.75 Å². The van der Waals surface area contributed by atoms with Gasteiger partial charge in [-0.1, -0.05) is 37.0 Å². The van der Waals surface area contributed by atoms with E-state index < -0.39 is 50.6 Å². The highest BCUT2D eigenvalue weighted by Gasteiger charge is 2.62. The van der Waals surface area contributed by atoms with Gasteiger partial charge in [0.25, 0.3) is 30.4 Å². The van der Waals surface area contributed by atoms with Gasteiger partial charge >= 0.3 is 0 Å². The molecule has 2 saturated carbocycles. The third-order valence-electron chi connectivity index (χ3n) is 17.3. The molecule has 14 rings (SSSR count). The molecule has 3 aromatic heterocycles. The molecule has 19 nitrogen and oxygen atoms in total. The number of nitrogens with one attached hydrogen (secondary N) is 2. The maximum Gasteiger partial charge on any atom is 0.294 e. The van der Waals surface area contributed by atoms with E-state index >= 15 is 0 Å². The molecule has 8 bridgehead atoms. The van der Waals surface area contributed by atoms with E-state index in [0.717, 1.165) is 49.8 Å². The number of phenols is 1. The number of aromatic hydroxyl groups is 1. The van der Waals surface area contributed by atoms with Crippen molar-refractivity contribution >= 4 is 74.5 Å². The van der Waals surface area contributed by atoms with E-state index in [0.29, 0.717) is 63.0 Å². The van der Waals surface area contributed by atoms with Crippen molar-refractivity contribution in [3.05, 3.63) is 143 Å². The first-order valence-corrected chi connectivity index (χ1v) is 30.4. The Morgan fingerprint density at radius 1 is 0.512 bits per heavy atom. The molecule has 2 aliphatic heterocycles. The molecule has 0 amide bonds. The lowest BCUT2D eigenvalue weighted by Crippen LogP contribution is -2.49. The van der Waals surface area contributed by atoms with Crippen LogP contribution in [0.3, 0.4) is 0 Å². The third-order valence-corrected chi connectivity index (χ3v) is 19.9. The summed E-state index contributed by atoms with van der Waals surface area (Å²) in [7, 11) is -14.2. The predicted octanol–water partition coefficient (Wildman–Crippen LogP) is 9.46. The zero-order valence-electron chi connectivity index (χ0n) is 43.0. The van der Waals surface area contributed by atoms with Crippen LogP contribution in [-0.2, 0) is 42.4 Å². The van der Waals surface area contributed by atoms with E-state index in [2.05, 4.69) is 51.6 Å². The summed E-state index contributed by atoms with van der Waals surface area (Å²) >= 11 is 0. The monoisotopic (exact) mass is 1150 g/mol. The zero-order valence-corrected chi connectivity index (χ0v) is 45.5. The summed E-state index contributed by atoms with van der Waals surface area (Å²) in [4.78, 5) is 33.8. The van der Waals surface area contributed by atoms with Gasteiger partial charge in [0.1, 0.15) is 28.3 Å². The molecule has 5 aliphatic rings.